The Morgan fingerprint density at radius 1 is 1.07 bits per heavy atom. The van der Waals surface area contributed by atoms with E-state index in [1.165, 1.54) is 0 Å². The minimum Gasteiger partial charge on any atom is -0.444 e. The fraction of sp³-hybridized carbons (Fsp3) is 0.182. The van der Waals surface area contributed by atoms with Crippen molar-refractivity contribution in [2.75, 3.05) is 16.8 Å². The lowest BCUT2D eigenvalue weighted by atomic mass is 10.1. The van der Waals surface area contributed by atoms with Crippen LogP contribution < -0.4 is 10.2 Å². The second-order valence-electron chi connectivity index (χ2n) is 6.48. The first-order chi connectivity index (χ1) is 13.4. The molecular weight excluding hydrogens is 420 g/mol. The topological polar surface area (TPSA) is 62.6 Å². The third-order valence-electron chi connectivity index (χ3n) is 4.37. The molecule has 0 atom stereocenters. The molecule has 0 bridgehead atoms. The molecule has 1 heterocycles. The van der Waals surface area contributed by atoms with Gasteiger partial charge in [-0.25, -0.2) is 0 Å². The molecule has 144 valence electrons. The molecule has 0 fully saturated rings. The smallest absolute Gasteiger partial charge is 0.291 e. The van der Waals surface area contributed by atoms with Gasteiger partial charge in [-0.2, -0.15) is 0 Å². The minimum atomic E-state index is -0.378. The van der Waals surface area contributed by atoms with Crippen LogP contribution in [0.15, 0.2) is 63.7 Å². The number of rotatable bonds is 5. The van der Waals surface area contributed by atoms with Crippen LogP contribution in [-0.4, -0.2) is 18.4 Å². The molecule has 0 radical (unpaired) electrons. The Labute approximate surface area is 172 Å². The van der Waals surface area contributed by atoms with Gasteiger partial charge in [-0.15, -0.1) is 0 Å². The molecule has 3 rings (SSSR count). The molecule has 3 aromatic rings. The molecule has 0 aliphatic carbocycles. The molecule has 2 amide bonds. The summed E-state index contributed by atoms with van der Waals surface area (Å²) < 4.78 is 5.74. The lowest BCUT2D eigenvalue weighted by Gasteiger charge is -2.23. The van der Waals surface area contributed by atoms with E-state index in [0.29, 0.717) is 22.5 Å². The summed E-state index contributed by atoms with van der Waals surface area (Å²) in [6.45, 7) is 6.51. The molecule has 0 unspecified atom stereocenters. The van der Waals surface area contributed by atoms with Crippen LogP contribution in [0.5, 0.6) is 0 Å². The quantitative estimate of drug-likeness (QED) is 0.563. The Balaban J connectivity index is 1.83. The zero-order chi connectivity index (χ0) is 20.3. The molecule has 2 aromatic carbocycles. The van der Waals surface area contributed by atoms with Gasteiger partial charge < -0.3 is 14.6 Å². The lowest BCUT2D eigenvalue weighted by Crippen LogP contribution is -2.31. The van der Waals surface area contributed by atoms with Crippen LogP contribution in [0.25, 0.3) is 0 Å². The predicted octanol–water partition coefficient (Wildman–Crippen LogP) is 5.58. The van der Waals surface area contributed by atoms with Gasteiger partial charge in [0.25, 0.3) is 11.8 Å². The van der Waals surface area contributed by atoms with Crippen molar-refractivity contribution >= 4 is 39.1 Å². The highest BCUT2D eigenvalue weighted by molar-refractivity contribution is 9.10. The lowest BCUT2D eigenvalue weighted by molar-refractivity contribution is 0.0981. The number of anilines is 2. The predicted molar refractivity (Wildman–Crippen MR) is 114 cm³/mol. The SMILES string of the molecule is CCN(C(=O)c1cccc(NC(=O)c2ccc(Br)o2)c1)c1ccc(C)cc1C. The van der Waals surface area contributed by atoms with Crippen LogP contribution >= 0.6 is 15.9 Å². The fourth-order valence-corrected chi connectivity index (χ4v) is 3.35. The van der Waals surface area contributed by atoms with Crippen molar-refractivity contribution in [3.05, 3.63) is 81.7 Å². The molecule has 0 saturated heterocycles. The summed E-state index contributed by atoms with van der Waals surface area (Å²) in [5, 5.41) is 2.76. The summed E-state index contributed by atoms with van der Waals surface area (Å²) in [4.78, 5) is 27.1. The first kappa shape index (κ1) is 19.9. The van der Waals surface area contributed by atoms with Gasteiger partial charge in [0, 0.05) is 23.5 Å². The number of furan rings is 1. The summed E-state index contributed by atoms with van der Waals surface area (Å²) in [7, 11) is 0. The maximum atomic E-state index is 13.1. The van der Waals surface area contributed by atoms with Crippen molar-refractivity contribution in [2.24, 2.45) is 0 Å². The van der Waals surface area contributed by atoms with Crippen molar-refractivity contribution in [3.8, 4) is 0 Å². The van der Waals surface area contributed by atoms with E-state index in [9.17, 15) is 9.59 Å². The normalized spacial score (nSPS) is 10.6. The van der Waals surface area contributed by atoms with E-state index in [2.05, 4.69) is 27.3 Å². The number of nitrogens with one attached hydrogen (secondary N) is 1. The van der Waals surface area contributed by atoms with Gasteiger partial charge in [0.05, 0.1) is 0 Å². The van der Waals surface area contributed by atoms with Gasteiger partial charge in [-0.3, -0.25) is 9.59 Å². The third kappa shape index (κ3) is 4.34. The van der Waals surface area contributed by atoms with E-state index in [1.54, 1.807) is 41.3 Å². The number of carbonyl (C=O) groups is 2. The molecular formula is C22H21BrN2O3. The van der Waals surface area contributed by atoms with E-state index in [4.69, 9.17) is 4.42 Å². The molecule has 1 aromatic heterocycles. The largest absolute Gasteiger partial charge is 0.444 e. The highest BCUT2D eigenvalue weighted by Crippen LogP contribution is 2.24. The van der Waals surface area contributed by atoms with Gasteiger partial charge in [-0.05, 0) is 78.7 Å². The van der Waals surface area contributed by atoms with Crippen LogP contribution in [0.4, 0.5) is 11.4 Å². The zero-order valence-electron chi connectivity index (χ0n) is 16.0. The van der Waals surface area contributed by atoms with Crippen LogP contribution in [0.2, 0.25) is 0 Å². The second kappa shape index (κ2) is 8.44. The van der Waals surface area contributed by atoms with Crippen molar-refractivity contribution < 1.29 is 14.0 Å². The van der Waals surface area contributed by atoms with Crippen LogP contribution in [-0.2, 0) is 0 Å². The summed E-state index contributed by atoms with van der Waals surface area (Å²) in [5.74, 6) is -0.308. The van der Waals surface area contributed by atoms with Crippen LogP contribution in [0.1, 0.15) is 39.0 Å². The number of amides is 2. The summed E-state index contributed by atoms with van der Waals surface area (Å²) in [6.07, 6.45) is 0. The monoisotopic (exact) mass is 440 g/mol. The number of hydrogen-bond acceptors (Lipinski definition) is 3. The first-order valence-corrected chi connectivity index (χ1v) is 9.74. The van der Waals surface area contributed by atoms with Gasteiger partial charge in [-0.1, -0.05) is 23.8 Å². The number of carbonyl (C=O) groups excluding carboxylic acids is 2. The van der Waals surface area contributed by atoms with Crippen molar-refractivity contribution in [1.82, 2.24) is 0 Å². The van der Waals surface area contributed by atoms with E-state index < -0.39 is 0 Å². The van der Waals surface area contributed by atoms with Crippen molar-refractivity contribution in [2.45, 2.75) is 20.8 Å². The molecule has 28 heavy (non-hydrogen) atoms. The Morgan fingerprint density at radius 3 is 2.50 bits per heavy atom. The summed E-state index contributed by atoms with van der Waals surface area (Å²) in [6, 6.07) is 16.1. The molecule has 0 saturated carbocycles. The van der Waals surface area contributed by atoms with E-state index in [1.807, 2.05) is 32.9 Å². The molecule has 1 N–H and O–H groups in total. The number of halogens is 1. The third-order valence-corrected chi connectivity index (χ3v) is 4.80. The van der Waals surface area contributed by atoms with Crippen molar-refractivity contribution in [1.29, 1.82) is 0 Å². The molecule has 0 spiro atoms. The standard InChI is InChI=1S/C22H21BrN2O3/c1-4-25(18-9-8-14(2)12-15(18)3)22(27)16-6-5-7-17(13-16)24-21(26)19-10-11-20(23)28-19/h5-13H,4H2,1-3H3,(H,24,26). The summed E-state index contributed by atoms with van der Waals surface area (Å²) >= 11 is 3.18. The highest BCUT2D eigenvalue weighted by Gasteiger charge is 2.19. The maximum Gasteiger partial charge on any atom is 0.291 e. The molecule has 0 aliphatic heterocycles. The highest BCUT2D eigenvalue weighted by atomic mass is 79.9. The molecule has 5 nitrogen and oxygen atoms in total. The Morgan fingerprint density at radius 2 is 1.86 bits per heavy atom. The maximum absolute atomic E-state index is 13.1. The number of hydrogen-bond donors (Lipinski definition) is 1. The van der Waals surface area contributed by atoms with Gasteiger partial charge in [0.1, 0.15) is 0 Å². The van der Waals surface area contributed by atoms with E-state index >= 15 is 0 Å². The van der Waals surface area contributed by atoms with Crippen LogP contribution in [0.3, 0.4) is 0 Å². The average Bonchev–Trinajstić information content (AvgIpc) is 3.10. The second-order valence-corrected chi connectivity index (χ2v) is 7.26. The van der Waals surface area contributed by atoms with Crippen molar-refractivity contribution in [3.63, 3.8) is 0 Å². The fourth-order valence-electron chi connectivity index (χ4n) is 3.05. The zero-order valence-corrected chi connectivity index (χ0v) is 17.5. The van der Waals surface area contributed by atoms with E-state index in [-0.39, 0.29) is 17.6 Å². The number of nitrogens with zero attached hydrogens (tertiary/aromatic N) is 1. The number of benzene rings is 2. The first-order valence-electron chi connectivity index (χ1n) is 8.95. The average molecular weight is 441 g/mol. The number of aryl methyl sites for hydroxylation is 2. The Bertz CT molecular complexity index is 1030. The Hall–Kier alpha value is -2.86. The summed E-state index contributed by atoms with van der Waals surface area (Å²) in [5.41, 5.74) is 4.11. The molecule has 6 heteroatoms. The Kier molecular flexibility index (Phi) is 5.99. The molecule has 0 aliphatic rings. The van der Waals surface area contributed by atoms with Crippen LogP contribution in [0, 0.1) is 13.8 Å². The van der Waals surface area contributed by atoms with Gasteiger partial charge in [0.15, 0.2) is 10.4 Å². The van der Waals surface area contributed by atoms with Gasteiger partial charge in [0.2, 0.25) is 0 Å². The van der Waals surface area contributed by atoms with E-state index in [0.717, 1.165) is 16.8 Å². The minimum absolute atomic E-state index is 0.119. The van der Waals surface area contributed by atoms with Gasteiger partial charge >= 0.3 is 0 Å².